The molecule has 0 spiro atoms. The first kappa shape index (κ1) is 16.7. The summed E-state index contributed by atoms with van der Waals surface area (Å²) in [5.41, 5.74) is 6.11. The second kappa shape index (κ2) is 6.61. The zero-order valence-corrected chi connectivity index (χ0v) is 16.0. The van der Waals surface area contributed by atoms with Gasteiger partial charge in [0, 0.05) is 5.92 Å². The number of anilines is 1. The predicted octanol–water partition coefficient (Wildman–Crippen LogP) is 5.09. The largest absolute Gasteiger partial charge is 0.315 e. The lowest BCUT2D eigenvalue weighted by Gasteiger charge is -2.29. The van der Waals surface area contributed by atoms with Crippen molar-refractivity contribution >= 4 is 22.2 Å². The van der Waals surface area contributed by atoms with Gasteiger partial charge in [-0.2, -0.15) is 0 Å². The number of aromatic nitrogens is 1. The molecular formula is C23H22N2OS. The maximum absolute atomic E-state index is 13.7. The van der Waals surface area contributed by atoms with Crippen LogP contribution < -0.4 is 5.32 Å². The second-order valence-electron chi connectivity index (χ2n) is 7.70. The number of nitrogens with zero attached hydrogens (tertiary/aromatic N) is 1. The standard InChI is InChI=1S/C23H22N2OS/c26-22(25-21-20(18-10-11-18)24-15-27-21)23(14-16-6-2-1-3-7-16)13-12-17-8-4-5-9-19(17)23/h1-9,15,18H,10-14H2,(H,25,26). The molecule has 2 aliphatic rings. The van der Waals surface area contributed by atoms with Crippen LogP contribution in [0.15, 0.2) is 60.1 Å². The van der Waals surface area contributed by atoms with Crippen molar-refractivity contribution in [3.8, 4) is 0 Å². The van der Waals surface area contributed by atoms with Gasteiger partial charge in [0.1, 0.15) is 5.00 Å². The van der Waals surface area contributed by atoms with Gasteiger partial charge in [0.2, 0.25) is 5.91 Å². The van der Waals surface area contributed by atoms with E-state index in [1.165, 1.54) is 29.5 Å². The Morgan fingerprint density at radius 3 is 2.70 bits per heavy atom. The molecule has 27 heavy (non-hydrogen) atoms. The Kier molecular flexibility index (Phi) is 4.09. The molecular weight excluding hydrogens is 352 g/mol. The summed E-state index contributed by atoms with van der Waals surface area (Å²) in [6.07, 6.45) is 4.91. The predicted molar refractivity (Wildman–Crippen MR) is 109 cm³/mol. The number of benzene rings is 2. The molecule has 4 heteroatoms. The first-order chi connectivity index (χ1) is 13.3. The van der Waals surface area contributed by atoms with E-state index in [0.717, 1.165) is 30.0 Å². The van der Waals surface area contributed by atoms with Crippen LogP contribution in [-0.4, -0.2) is 10.9 Å². The van der Waals surface area contributed by atoms with E-state index < -0.39 is 5.41 Å². The van der Waals surface area contributed by atoms with Crippen molar-refractivity contribution in [1.29, 1.82) is 0 Å². The van der Waals surface area contributed by atoms with Gasteiger partial charge in [0.05, 0.1) is 16.6 Å². The smallest absolute Gasteiger partial charge is 0.236 e. The number of carbonyl (C=O) groups excluding carboxylic acids is 1. The van der Waals surface area contributed by atoms with Gasteiger partial charge in [-0.3, -0.25) is 4.79 Å². The van der Waals surface area contributed by atoms with Crippen LogP contribution in [0.2, 0.25) is 0 Å². The zero-order valence-electron chi connectivity index (χ0n) is 15.2. The maximum Gasteiger partial charge on any atom is 0.236 e. The van der Waals surface area contributed by atoms with Gasteiger partial charge >= 0.3 is 0 Å². The third-order valence-electron chi connectivity index (χ3n) is 5.92. The van der Waals surface area contributed by atoms with Gasteiger partial charge in [-0.15, -0.1) is 11.3 Å². The lowest BCUT2D eigenvalue weighted by atomic mass is 9.75. The molecule has 1 unspecified atom stereocenters. The normalized spacial score (nSPS) is 21.0. The van der Waals surface area contributed by atoms with E-state index >= 15 is 0 Å². The van der Waals surface area contributed by atoms with Gasteiger partial charge < -0.3 is 5.32 Å². The molecule has 1 N–H and O–H groups in total. The highest BCUT2D eigenvalue weighted by Crippen LogP contribution is 2.46. The van der Waals surface area contributed by atoms with Crippen molar-refractivity contribution in [3.63, 3.8) is 0 Å². The van der Waals surface area contributed by atoms with Crippen LogP contribution in [0, 0.1) is 0 Å². The Morgan fingerprint density at radius 2 is 1.89 bits per heavy atom. The molecule has 0 radical (unpaired) electrons. The lowest BCUT2D eigenvalue weighted by molar-refractivity contribution is -0.121. The summed E-state index contributed by atoms with van der Waals surface area (Å²) in [5, 5.41) is 4.22. The van der Waals surface area contributed by atoms with E-state index in [2.05, 4.69) is 58.8 Å². The molecule has 136 valence electrons. The average Bonchev–Trinajstić information content (AvgIpc) is 3.33. The fourth-order valence-electron chi connectivity index (χ4n) is 4.35. The molecule has 0 aliphatic heterocycles. The Bertz CT molecular complexity index is 977. The van der Waals surface area contributed by atoms with E-state index in [-0.39, 0.29) is 5.91 Å². The summed E-state index contributed by atoms with van der Waals surface area (Å²) in [5.74, 6) is 0.648. The van der Waals surface area contributed by atoms with Crippen LogP contribution in [0.1, 0.15) is 47.6 Å². The second-order valence-corrected chi connectivity index (χ2v) is 8.55. The number of thiazole rings is 1. The average molecular weight is 375 g/mol. The lowest BCUT2D eigenvalue weighted by Crippen LogP contribution is -2.40. The van der Waals surface area contributed by atoms with Gasteiger partial charge in [-0.25, -0.2) is 4.98 Å². The zero-order chi connectivity index (χ0) is 18.3. The molecule has 2 aliphatic carbocycles. The first-order valence-electron chi connectivity index (χ1n) is 9.63. The highest BCUT2D eigenvalue weighted by Gasteiger charge is 2.45. The molecule has 2 aromatic carbocycles. The van der Waals surface area contributed by atoms with Gasteiger partial charge in [0.25, 0.3) is 0 Å². The minimum atomic E-state index is -0.511. The summed E-state index contributed by atoms with van der Waals surface area (Å²) in [6, 6.07) is 18.8. The monoisotopic (exact) mass is 374 g/mol. The summed E-state index contributed by atoms with van der Waals surface area (Å²) in [7, 11) is 0. The van der Waals surface area contributed by atoms with Crippen LogP contribution >= 0.6 is 11.3 Å². The van der Waals surface area contributed by atoms with Crippen molar-refractivity contribution in [2.45, 2.75) is 43.4 Å². The van der Waals surface area contributed by atoms with Gasteiger partial charge in [0.15, 0.2) is 0 Å². The summed E-state index contributed by atoms with van der Waals surface area (Å²) < 4.78 is 0. The van der Waals surface area contributed by atoms with Crippen LogP contribution in [-0.2, 0) is 23.1 Å². The number of carbonyl (C=O) groups is 1. The topological polar surface area (TPSA) is 42.0 Å². The Hall–Kier alpha value is -2.46. The summed E-state index contributed by atoms with van der Waals surface area (Å²) in [6.45, 7) is 0. The van der Waals surface area contributed by atoms with Crippen LogP contribution in [0.5, 0.6) is 0 Å². The molecule has 0 saturated heterocycles. The van der Waals surface area contributed by atoms with E-state index in [1.807, 2.05) is 11.6 Å². The maximum atomic E-state index is 13.7. The van der Waals surface area contributed by atoms with Gasteiger partial charge in [-0.1, -0.05) is 54.6 Å². The number of rotatable bonds is 5. The molecule has 0 bridgehead atoms. The van der Waals surface area contributed by atoms with Crippen molar-refractivity contribution < 1.29 is 4.79 Å². The minimum absolute atomic E-state index is 0.113. The molecule has 1 saturated carbocycles. The number of fused-ring (bicyclic) bond motifs is 1. The number of amides is 1. The third kappa shape index (κ3) is 2.98. The number of hydrogen-bond acceptors (Lipinski definition) is 3. The van der Waals surface area contributed by atoms with Crippen molar-refractivity contribution in [2.24, 2.45) is 0 Å². The Balaban J connectivity index is 1.52. The van der Waals surface area contributed by atoms with E-state index in [9.17, 15) is 4.79 Å². The van der Waals surface area contributed by atoms with Crippen molar-refractivity contribution in [2.75, 3.05) is 5.32 Å². The molecule has 1 fully saturated rings. The Labute approximate surface area is 163 Å². The number of aryl methyl sites for hydroxylation is 1. The molecule has 1 atom stereocenters. The molecule has 5 rings (SSSR count). The fraction of sp³-hybridized carbons (Fsp3) is 0.304. The fourth-order valence-corrected chi connectivity index (χ4v) is 5.11. The third-order valence-corrected chi connectivity index (χ3v) is 6.68. The molecule has 1 aromatic heterocycles. The van der Waals surface area contributed by atoms with Crippen molar-refractivity contribution in [1.82, 2.24) is 4.98 Å². The van der Waals surface area contributed by atoms with Crippen molar-refractivity contribution in [3.05, 3.63) is 82.5 Å². The highest BCUT2D eigenvalue weighted by atomic mass is 32.1. The molecule has 1 heterocycles. The van der Waals surface area contributed by atoms with Crippen LogP contribution in [0.4, 0.5) is 5.00 Å². The SMILES string of the molecule is O=C(Nc1scnc1C1CC1)C1(Cc2ccccc2)CCc2ccccc21. The molecule has 3 aromatic rings. The number of hydrogen-bond donors (Lipinski definition) is 1. The van der Waals surface area contributed by atoms with Crippen LogP contribution in [0.25, 0.3) is 0 Å². The van der Waals surface area contributed by atoms with E-state index in [1.54, 1.807) is 11.3 Å². The van der Waals surface area contributed by atoms with Crippen LogP contribution in [0.3, 0.4) is 0 Å². The summed E-state index contributed by atoms with van der Waals surface area (Å²) >= 11 is 1.55. The molecule has 1 amide bonds. The summed E-state index contributed by atoms with van der Waals surface area (Å²) in [4.78, 5) is 18.2. The van der Waals surface area contributed by atoms with Gasteiger partial charge in [-0.05, 0) is 48.8 Å². The highest BCUT2D eigenvalue weighted by molar-refractivity contribution is 7.14. The minimum Gasteiger partial charge on any atom is -0.315 e. The first-order valence-corrected chi connectivity index (χ1v) is 10.5. The van der Waals surface area contributed by atoms with E-state index in [0.29, 0.717) is 5.92 Å². The quantitative estimate of drug-likeness (QED) is 0.676. The number of nitrogens with one attached hydrogen (secondary N) is 1. The van der Waals surface area contributed by atoms with E-state index in [4.69, 9.17) is 0 Å². The molecule has 3 nitrogen and oxygen atoms in total. The Morgan fingerprint density at radius 1 is 1.11 bits per heavy atom.